The quantitative estimate of drug-likeness (QED) is 0.660. The molecule has 0 radical (unpaired) electrons. The number of halogens is 3. The zero-order valence-electron chi connectivity index (χ0n) is 8.84. The van der Waals surface area contributed by atoms with Crippen LogP contribution in [0.5, 0.6) is 0 Å². The van der Waals surface area contributed by atoms with Crippen molar-refractivity contribution in [2.45, 2.75) is 4.90 Å². The van der Waals surface area contributed by atoms with Crippen LogP contribution in [0.1, 0.15) is 0 Å². The van der Waals surface area contributed by atoms with E-state index in [1.165, 1.54) is 7.11 Å². The van der Waals surface area contributed by atoms with Crippen LogP contribution in [0.25, 0.3) is 0 Å². The minimum absolute atomic E-state index is 0.00721. The van der Waals surface area contributed by atoms with Crippen molar-refractivity contribution in [1.29, 1.82) is 0 Å². The second-order valence-electron chi connectivity index (χ2n) is 3.06. The van der Waals surface area contributed by atoms with E-state index in [0.29, 0.717) is 0 Å². The van der Waals surface area contributed by atoms with E-state index in [-0.39, 0.29) is 13.2 Å². The number of rotatable bonds is 5. The molecule has 0 heterocycles. The average molecular weight is 330 g/mol. The zero-order valence-corrected chi connectivity index (χ0v) is 11.2. The van der Waals surface area contributed by atoms with E-state index in [1.807, 2.05) is 0 Å². The van der Waals surface area contributed by atoms with Crippen LogP contribution in [-0.4, -0.2) is 28.7 Å². The largest absolute Gasteiger partial charge is 0.383 e. The first-order valence-corrected chi connectivity index (χ1v) is 6.80. The van der Waals surface area contributed by atoms with Gasteiger partial charge in [-0.3, -0.25) is 0 Å². The lowest BCUT2D eigenvalue weighted by atomic mass is 10.3. The normalized spacial score (nSPS) is 11.8. The Hall–Kier alpha value is -0.570. The van der Waals surface area contributed by atoms with Crippen LogP contribution >= 0.6 is 15.9 Å². The molecule has 0 aromatic heterocycles. The van der Waals surface area contributed by atoms with Gasteiger partial charge < -0.3 is 4.74 Å². The zero-order chi connectivity index (χ0) is 13.1. The molecule has 1 aromatic rings. The van der Waals surface area contributed by atoms with Crippen molar-refractivity contribution in [2.24, 2.45) is 0 Å². The minimum Gasteiger partial charge on any atom is -0.383 e. The fourth-order valence-corrected chi connectivity index (χ4v) is 2.64. The van der Waals surface area contributed by atoms with E-state index in [9.17, 15) is 17.2 Å². The van der Waals surface area contributed by atoms with Crippen LogP contribution in [-0.2, 0) is 14.8 Å². The molecular formula is C9H10BrF2NO3S. The second kappa shape index (κ2) is 5.85. The highest BCUT2D eigenvalue weighted by atomic mass is 79.9. The summed E-state index contributed by atoms with van der Waals surface area (Å²) in [5.41, 5.74) is 0. The Morgan fingerprint density at radius 1 is 1.41 bits per heavy atom. The summed E-state index contributed by atoms with van der Waals surface area (Å²) >= 11 is 2.64. The number of nitrogens with one attached hydrogen (secondary N) is 1. The Balaban J connectivity index is 3.04. The SMILES string of the molecule is COCCNS(=O)(=O)c1ccc(F)c(Br)c1F. The van der Waals surface area contributed by atoms with Gasteiger partial charge >= 0.3 is 0 Å². The first-order chi connectivity index (χ1) is 7.90. The van der Waals surface area contributed by atoms with E-state index in [0.717, 1.165) is 12.1 Å². The van der Waals surface area contributed by atoms with Gasteiger partial charge in [-0.25, -0.2) is 21.9 Å². The molecule has 4 nitrogen and oxygen atoms in total. The summed E-state index contributed by atoms with van der Waals surface area (Å²) in [6, 6.07) is 1.74. The molecule has 0 unspecified atom stereocenters. The van der Waals surface area contributed by atoms with E-state index in [1.54, 1.807) is 0 Å². The summed E-state index contributed by atoms with van der Waals surface area (Å²) in [6.07, 6.45) is 0. The Kier molecular flexibility index (Phi) is 4.99. The first-order valence-electron chi connectivity index (χ1n) is 4.52. The number of ether oxygens (including phenoxy) is 1. The van der Waals surface area contributed by atoms with E-state index in [2.05, 4.69) is 25.4 Å². The van der Waals surface area contributed by atoms with Crippen LogP contribution in [0.3, 0.4) is 0 Å². The lowest BCUT2D eigenvalue weighted by Gasteiger charge is -2.08. The molecule has 1 aromatic carbocycles. The van der Waals surface area contributed by atoms with E-state index < -0.39 is 31.0 Å². The van der Waals surface area contributed by atoms with Crippen LogP contribution in [0.15, 0.2) is 21.5 Å². The molecule has 17 heavy (non-hydrogen) atoms. The van der Waals surface area contributed by atoms with Crippen molar-refractivity contribution in [1.82, 2.24) is 4.72 Å². The summed E-state index contributed by atoms with van der Waals surface area (Å²) in [7, 11) is -2.60. The third-order valence-corrected chi connectivity index (χ3v) is 4.09. The molecule has 0 fully saturated rings. The van der Waals surface area contributed by atoms with Gasteiger partial charge in [0.25, 0.3) is 0 Å². The summed E-state index contributed by atoms with van der Waals surface area (Å²) in [4.78, 5) is -0.609. The molecule has 0 saturated carbocycles. The van der Waals surface area contributed by atoms with Gasteiger partial charge in [0.1, 0.15) is 10.7 Å². The lowest BCUT2D eigenvalue weighted by Crippen LogP contribution is -2.28. The molecule has 0 aliphatic heterocycles. The van der Waals surface area contributed by atoms with Gasteiger partial charge in [-0.05, 0) is 28.1 Å². The highest BCUT2D eigenvalue weighted by Crippen LogP contribution is 2.25. The molecule has 96 valence electrons. The van der Waals surface area contributed by atoms with Gasteiger partial charge in [0.2, 0.25) is 10.0 Å². The van der Waals surface area contributed by atoms with Gasteiger partial charge in [0.05, 0.1) is 11.1 Å². The van der Waals surface area contributed by atoms with Crippen LogP contribution < -0.4 is 4.72 Å². The van der Waals surface area contributed by atoms with Crippen molar-refractivity contribution in [3.8, 4) is 0 Å². The maximum absolute atomic E-state index is 13.5. The molecule has 8 heteroatoms. The van der Waals surface area contributed by atoms with Crippen molar-refractivity contribution in [3.63, 3.8) is 0 Å². The van der Waals surface area contributed by atoms with E-state index >= 15 is 0 Å². The molecule has 0 atom stereocenters. The van der Waals surface area contributed by atoms with Gasteiger partial charge in [-0.1, -0.05) is 0 Å². The molecular weight excluding hydrogens is 320 g/mol. The van der Waals surface area contributed by atoms with Gasteiger partial charge in [0.15, 0.2) is 5.82 Å². The number of benzene rings is 1. The molecule has 0 bridgehead atoms. The number of hydrogen-bond acceptors (Lipinski definition) is 3. The topological polar surface area (TPSA) is 55.4 Å². The van der Waals surface area contributed by atoms with Crippen molar-refractivity contribution < 1.29 is 21.9 Å². The Morgan fingerprint density at radius 2 is 2.06 bits per heavy atom. The Bertz CT molecular complexity index is 507. The predicted molar refractivity (Wildman–Crippen MR) is 61.1 cm³/mol. The molecule has 0 spiro atoms. The minimum atomic E-state index is -4.00. The molecule has 0 saturated heterocycles. The Labute approximate surface area is 106 Å². The molecule has 0 aliphatic rings. The highest BCUT2D eigenvalue weighted by molar-refractivity contribution is 9.10. The number of methoxy groups -OCH3 is 1. The molecule has 0 aliphatic carbocycles. The third kappa shape index (κ3) is 3.44. The van der Waals surface area contributed by atoms with Gasteiger partial charge in [-0.2, -0.15) is 0 Å². The van der Waals surface area contributed by atoms with Crippen LogP contribution in [0, 0.1) is 11.6 Å². The third-order valence-electron chi connectivity index (χ3n) is 1.89. The first kappa shape index (κ1) is 14.5. The summed E-state index contributed by atoms with van der Waals surface area (Å²) < 4.78 is 56.0. The predicted octanol–water partition coefficient (Wildman–Crippen LogP) is 1.65. The lowest BCUT2D eigenvalue weighted by molar-refractivity contribution is 0.204. The maximum atomic E-state index is 13.5. The fraction of sp³-hybridized carbons (Fsp3) is 0.333. The fourth-order valence-electron chi connectivity index (χ4n) is 1.07. The smallest absolute Gasteiger partial charge is 0.243 e. The number of sulfonamides is 1. The maximum Gasteiger partial charge on any atom is 0.243 e. The van der Waals surface area contributed by atoms with Crippen molar-refractivity contribution in [2.75, 3.05) is 20.3 Å². The summed E-state index contributed by atoms with van der Waals surface area (Å²) in [5.74, 6) is -2.02. The monoisotopic (exact) mass is 329 g/mol. The number of hydrogen-bond donors (Lipinski definition) is 1. The Morgan fingerprint density at radius 3 is 2.65 bits per heavy atom. The van der Waals surface area contributed by atoms with Crippen molar-refractivity contribution >= 4 is 26.0 Å². The molecule has 1 rings (SSSR count). The summed E-state index contributed by atoms with van der Waals surface area (Å²) in [6.45, 7) is 0.163. The van der Waals surface area contributed by atoms with Crippen molar-refractivity contribution in [3.05, 3.63) is 28.2 Å². The second-order valence-corrected chi connectivity index (χ2v) is 5.59. The van der Waals surface area contributed by atoms with Gasteiger partial charge in [-0.15, -0.1) is 0 Å². The van der Waals surface area contributed by atoms with E-state index in [4.69, 9.17) is 0 Å². The van der Waals surface area contributed by atoms with Gasteiger partial charge in [0, 0.05) is 13.7 Å². The molecule has 1 N–H and O–H groups in total. The molecule has 0 amide bonds. The highest BCUT2D eigenvalue weighted by Gasteiger charge is 2.22. The summed E-state index contributed by atoms with van der Waals surface area (Å²) in [5, 5.41) is 0. The van der Waals surface area contributed by atoms with Crippen LogP contribution in [0.4, 0.5) is 8.78 Å². The standard InChI is InChI=1S/C9H10BrF2NO3S/c1-16-5-4-13-17(14,15)7-3-2-6(11)8(10)9(7)12/h2-3,13H,4-5H2,1H3. The van der Waals surface area contributed by atoms with Crippen LogP contribution in [0.2, 0.25) is 0 Å². The average Bonchev–Trinajstić information content (AvgIpc) is 2.26.